The highest BCUT2D eigenvalue weighted by Gasteiger charge is 2.39. The van der Waals surface area contributed by atoms with Crippen LogP contribution in [0.3, 0.4) is 0 Å². The Morgan fingerprint density at radius 2 is 1.92 bits per heavy atom. The van der Waals surface area contributed by atoms with E-state index >= 15 is 0 Å². The van der Waals surface area contributed by atoms with Gasteiger partial charge in [0.25, 0.3) is 0 Å². The maximum Gasteiger partial charge on any atom is 0.336 e. The van der Waals surface area contributed by atoms with E-state index < -0.39 is 5.97 Å². The minimum Gasteiger partial charge on any atom is -0.497 e. The fourth-order valence-corrected chi connectivity index (χ4v) is 3.81. The van der Waals surface area contributed by atoms with E-state index in [4.69, 9.17) is 23.7 Å². The molecule has 0 radical (unpaired) electrons. The molecule has 1 heterocycles. The summed E-state index contributed by atoms with van der Waals surface area (Å²) in [6.07, 6.45) is 13.5. The standard InChI is InChI=1S/C30H32O6/c1-5-33-30(3)18-16-23(17-19-30)9-15-28(31)34-25-12-14-26(21(2)20-25)35-29-27(36-29)13-8-22-6-10-24(32-4)11-7-22/h6-18,20,27,29H,5,19H2,1-4H3/b13-8+,15-9+. The molecular weight excluding hydrogens is 456 g/mol. The number of ether oxygens (including phenoxy) is 5. The van der Waals surface area contributed by atoms with Gasteiger partial charge in [-0.15, -0.1) is 0 Å². The molecule has 3 atom stereocenters. The first-order valence-electron chi connectivity index (χ1n) is 12.1. The van der Waals surface area contributed by atoms with Crippen molar-refractivity contribution in [1.82, 2.24) is 0 Å². The number of esters is 1. The summed E-state index contributed by atoms with van der Waals surface area (Å²) in [6.45, 7) is 6.59. The number of benzene rings is 2. The van der Waals surface area contributed by atoms with E-state index in [0.717, 1.165) is 28.9 Å². The molecule has 188 valence electrons. The summed E-state index contributed by atoms with van der Waals surface area (Å²) in [6, 6.07) is 13.1. The van der Waals surface area contributed by atoms with Gasteiger partial charge in [0.15, 0.2) is 0 Å². The molecule has 0 aromatic heterocycles. The number of aryl methyl sites for hydroxylation is 1. The largest absolute Gasteiger partial charge is 0.497 e. The van der Waals surface area contributed by atoms with Crippen molar-refractivity contribution in [2.75, 3.05) is 13.7 Å². The Bertz CT molecular complexity index is 1190. The fraction of sp³-hybridized carbons (Fsp3) is 0.300. The van der Waals surface area contributed by atoms with Crippen molar-refractivity contribution < 1.29 is 28.5 Å². The molecule has 0 bridgehead atoms. The number of allylic oxidation sites excluding steroid dienone is 3. The number of methoxy groups -OCH3 is 1. The van der Waals surface area contributed by atoms with Crippen LogP contribution in [0, 0.1) is 6.92 Å². The van der Waals surface area contributed by atoms with Gasteiger partial charge in [0.2, 0.25) is 6.29 Å². The molecule has 2 aromatic carbocycles. The van der Waals surface area contributed by atoms with Crippen LogP contribution >= 0.6 is 0 Å². The van der Waals surface area contributed by atoms with Gasteiger partial charge >= 0.3 is 5.97 Å². The molecule has 1 fully saturated rings. The van der Waals surface area contributed by atoms with E-state index in [0.29, 0.717) is 18.1 Å². The molecule has 0 saturated carbocycles. The molecule has 6 heteroatoms. The van der Waals surface area contributed by atoms with Crippen LogP contribution in [0.4, 0.5) is 0 Å². The topological polar surface area (TPSA) is 66.5 Å². The second kappa shape index (κ2) is 11.4. The van der Waals surface area contributed by atoms with Crippen molar-refractivity contribution in [3.63, 3.8) is 0 Å². The van der Waals surface area contributed by atoms with Crippen LogP contribution < -0.4 is 14.2 Å². The molecule has 0 spiro atoms. The first-order chi connectivity index (χ1) is 17.4. The van der Waals surface area contributed by atoms with Crippen molar-refractivity contribution >= 4 is 12.0 Å². The summed E-state index contributed by atoms with van der Waals surface area (Å²) >= 11 is 0. The molecule has 4 rings (SSSR count). The van der Waals surface area contributed by atoms with E-state index in [2.05, 4.69) is 6.08 Å². The molecule has 1 aliphatic carbocycles. The normalized spacial score (nSPS) is 23.1. The Hall–Kier alpha value is -3.61. The van der Waals surface area contributed by atoms with Crippen LogP contribution in [-0.4, -0.2) is 37.7 Å². The van der Waals surface area contributed by atoms with Crippen LogP contribution in [-0.2, 0) is 14.3 Å². The molecule has 0 N–H and O–H groups in total. The number of hydrogen-bond acceptors (Lipinski definition) is 6. The lowest BCUT2D eigenvalue weighted by molar-refractivity contribution is -0.129. The zero-order valence-corrected chi connectivity index (χ0v) is 21.1. The summed E-state index contributed by atoms with van der Waals surface area (Å²) in [4.78, 5) is 12.3. The van der Waals surface area contributed by atoms with E-state index in [1.165, 1.54) is 6.08 Å². The van der Waals surface area contributed by atoms with Crippen LogP contribution in [0.1, 0.15) is 31.4 Å². The van der Waals surface area contributed by atoms with Crippen molar-refractivity contribution in [1.29, 1.82) is 0 Å². The zero-order chi connectivity index (χ0) is 25.5. The third-order valence-electron chi connectivity index (χ3n) is 5.94. The van der Waals surface area contributed by atoms with Gasteiger partial charge in [-0.25, -0.2) is 4.79 Å². The Kier molecular flexibility index (Phi) is 8.08. The number of rotatable bonds is 10. The Morgan fingerprint density at radius 3 is 2.58 bits per heavy atom. The smallest absolute Gasteiger partial charge is 0.336 e. The Balaban J connectivity index is 1.25. The molecule has 2 aliphatic rings. The number of epoxide rings is 1. The van der Waals surface area contributed by atoms with Gasteiger partial charge in [-0.05, 0) is 86.4 Å². The third kappa shape index (κ3) is 6.97. The molecule has 1 aliphatic heterocycles. The second-order valence-corrected chi connectivity index (χ2v) is 8.89. The lowest BCUT2D eigenvalue weighted by Gasteiger charge is -2.27. The highest BCUT2D eigenvalue weighted by molar-refractivity contribution is 5.84. The van der Waals surface area contributed by atoms with Gasteiger partial charge in [0.1, 0.15) is 23.4 Å². The van der Waals surface area contributed by atoms with Gasteiger partial charge in [-0.2, -0.15) is 0 Å². The molecule has 3 unspecified atom stereocenters. The minimum absolute atomic E-state index is 0.108. The van der Waals surface area contributed by atoms with E-state index in [1.54, 1.807) is 31.4 Å². The van der Waals surface area contributed by atoms with Crippen molar-refractivity contribution in [3.05, 3.63) is 95.6 Å². The third-order valence-corrected chi connectivity index (χ3v) is 5.94. The fourth-order valence-electron chi connectivity index (χ4n) is 3.81. The zero-order valence-electron chi connectivity index (χ0n) is 21.1. The van der Waals surface area contributed by atoms with E-state index in [1.807, 2.05) is 69.3 Å². The van der Waals surface area contributed by atoms with Crippen molar-refractivity contribution in [2.45, 2.75) is 45.2 Å². The summed E-state index contributed by atoms with van der Waals surface area (Å²) in [5, 5.41) is 0. The van der Waals surface area contributed by atoms with Gasteiger partial charge < -0.3 is 23.7 Å². The van der Waals surface area contributed by atoms with Gasteiger partial charge in [-0.3, -0.25) is 0 Å². The summed E-state index contributed by atoms with van der Waals surface area (Å²) in [7, 11) is 1.65. The maximum atomic E-state index is 12.3. The molecule has 2 aromatic rings. The predicted molar refractivity (Wildman–Crippen MR) is 139 cm³/mol. The average Bonchev–Trinajstić information content (AvgIpc) is 3.62. The minimum atomic E-state index is -0.440. The number of carbonyl (C=O) groups excluding carboxylic acids is 1. The van der Waals surface area contributed by atoms with Crippen LogP contribution in [0.5, 0.6) is 17.2 Å². The Labute approximate surface area is 212 Å². The second-order valence-electron chi connectivity index (χ2n) is 8.89. The molecular formula is C30H32O6. The molecule has 1 saturated heterocycles. The number of hydrogen-bond donors (Lipinski definition) is 0. The number of carbonyl (C=O) groups is 1. The van der Waals surface area contributed by atoms with E-state index in [-0.39, 0.29) is 18.0 Å². The molecule has 6 nitrogen and oxygen atoms in total. The highest BCUT2D eigenvalue weighted by Crippen LogP contribution is 2.31. The summed E-state index contributed by atoms with van der Waals surface area (Å²) in [5.41, 5.74) is 2.57. The SMILES string of the molecule is CCOC1(C)C=CC(/C=C/C(=O)Oc2ccc(OC3OC3/C=C/c3ccc(OC)cc3)c(C)c2)=CC1. The molecule has 36 heavy (non-hydrogen) atoms. The van der Waals surface area contributed by atoms with E-state index in [9.17, 15) is 4.79 Å². The van der Waals surface area contributed by atoms with Crippen molar-refractivity contribution in [3.8, 4) is 17.2 Å². The van der Waals surface area contributed by atoms with Gasteiger partial charge in [0.05, 0.1) is 12.7 Å². The predicted octanol–water partition coefficient (Wildman–Crippen LogP) is 5.96. The summed E-state index contributed by atoms with van der Waals surface area (Å²) in [5.74, 6) is 1.52. The van der Waals surface area contributed by atoms with Gasteiger partial charge in [-0.1, -0.05) is 36.4 Å². The van der Waals surface area contributed by atoms with Crippen LogP contribution in [0.15, 0.2) is 84.5 Å². The quantitative estimate of drug-likeness (QED) is 0.178. The first-order valence-corrected chi connectivity index (χ1v) is 12.1. The monoisotopic (exact) mass is 488 g/mol. The molecule has 0 amide bonds. The van der Waals surface area contributed by atoms with Crippen molar-refractivity contribution in [2.24, 2.45) is 0 Å². The first kappa shape index (κ1) is 25.5. The average molecular weight is 489 g/mol. The lowest BCUT2D eigenvalue weighted by Crippen LogP contribution is -2.26. The maximum absolute atomic E-state index is 12.3. The van der Waals surface area contributed by atoms with Gasteiger partial charge in [0, 0.05) is 12.7 Å². The van der Waals surface area contributed by atoms with Crippen LogP contribution in [0.25, 0.3) is 6.08 Å². The Morgan fingerprint density at radius 1 is 1.14 bits per heavy atom. The highest BCUT2D eigenvalue weighted by atomic mass is 16.8. The van der Waals surface area contributed by atoms with Crippen LogP contribution in [0.2, 0.25) is 0 Å². The lowest BCUT2D eigenvalue weighted by atomic mass is 9.93. The summed E-state index contributed by atoms with van der Waals surface area (Å²) < 4.78 is 27.9.